The summed E-state index contributed by atoms with van der Waals surface area (Å²) in [6, 6.07) is 26.4. The van der Waals surface area contributed by atoms with Gasteiger partial charge in [0.05, 0.1) is 7.11 Å². The lowest BCUT2D eigenvalue weighted by Gasteiger charge is -2.08. The lowest BCUT2D eigenvalue weighted by molar-refractivity contribution is 0.0947. The maximum Gasteiger partial charge on any atom is 0.281 e. The topological polar surface area (TPSA) is 69.0 Å². The first kappa shape index (κ1) is 18.4. The number of nitrogens with one attached hydrogen (secondary N) is 1. The highest BCUT2D eigenvalue weighted by Crippen LogP contribution is 2.20. The lowest BCUT2D eigenvalue weighted by Crippen LogP contribution is -2.17. The van der Waals surface area contributed by atoms with Crippen LogP contribution in [0, 0.1) is 0 Å². The van der Waals surface area contributed by atoms with Crippen LogP contribution in [0.5, 0.6) is 5.75 Å². The maximum atomic E-state index is 13.1. The molecule has 1 N–H and O–H groups in total. The SMILES string of the molecule is COc1ccc(C(=O)n2nc(-c3ccccc3)nc2NCc2ccccc2)cc1. The average molecular weight is 384 g/mol. The molecule has 0 aliphatic heterocycles. The molecule has 0 unspecified atom stereocenters. The van der Waals surface area contributed by atoms with Gasteiger partial charge >= 0.3 is 0 Å². The minimum absolute atomic E-state index is 0.266. The number of anilines is 1. The molecule has 4 aromatic rings. The molecule has 1 aromatic heterocycles. The van der Waals surface area contributed by atoms with Crippen molar-refractivity contribution in [1.29, 1.82) is 0 Å². The molecule has 6 nitrogen and oxygen atoms in total. The quantitative estimate of drug-likeness (QED) is 0.538. The van der Waals surface area contributed by atoms with E-state index in [4.69, 9.17) is 4.74 Å². The maximum absolute atomic E-state index is 13.1. The Labute approximate surface area is 168 Å². The van der Waals surface area contributed by atoms with Gasteiger partial charge in [0.1, 0.15) is 5.75 Å². The van der Waals surface area contributed by atoms with Gasteiger partial charge in [-0.1, -0.05) is 60.7 Å². The first-order valence-electron chi connectivity index (χ1n) is 9.23. The fraction of sp³-hybridized carbons (Fsp3) is 0.0870. The van der Waals surface area contributed by atoms with Crippen molar-refractivity contribution in [2.45, 2.75) is 6.54 Å². The summed E-state index contributed by atoms with van der Waals surface area (Å²) in [5, 5.41) is 7.71. The second kappa shape index (κ2) is 8.39. The van der Waals surface area contributed by atoms with E-state index < -0.39 is 0 Å². The number of ether oxygens (including phenoxy) is 1. The summed E-state index contributed by atoms with van der Waals surface area (Å²) in [6.45, 7) is 0.531. The van der Waals surface area contributed by atoms with Crippen molar-refractivity contribution in [3.8, 4) is 17.1 Å². The molecule has 29 heavy (non-hydrogen) atoms. The second-order valence-electron chi connectivity index (χ2n) is 6.41. The van der Waals surface area contributed by atoms with Crippen LogP contribution in [0.15, 0.2) is 84.9 Å². The molecule has 0 amide bonds. The molecular formula is C23H20N4O2. The van der Waals surface area contributed by atoms with Gasteiger partial charge in [0.2, 0.25) is 5.95 Å². The summed E-state index contributed by atoms with van der Waals surface area (Å²) in [7, 11) is 1.59. The molecule has 0 aliphatic carbocycles. The van der Waals surface area contributed by atoms with Gasteiger partial charge in [-0.3, -0.25) is 4.79 Å². The Hall–Kier alpha value is -3.93. The molecule has 0 atom stereocenters. The van der Waals surface area contributed by atoms with E-state index in [0.717, 1.165) is 11.1 Å². The Bertz CT molecular complexity index is 1090. The molecule has 0 spiro atoms. The van der Waals surface area contributed by atoms with Gasteiger partial charge < -0.3 is 10.1 Å². The van der Waals surface area contributed by atoms with Crippen LogP contribution in [0.3, 0.4) is 0 Å². The van der Waals surface area contributed by atoms with Crippen LogP contribution in [0.25, 0.3) is 11.4 Å². The number of carbonyl (C=O) groups is 1. The Balaban J connectivity index is 1.67. The summed E-state index contributed by atoms with van der Waals surface area (Å²) >= 11 is 0. The minimum atomic E-state index is -0.266. The van der Waals surface area contributed by atoms with E-state index in [1.54, 1.807) is 31.4 Å². The first-order valence-corrected chi connectivity index (χ1v) is 9.23. The zero-order chi connectivity index (χ0) is 20.1. The van der Waals surface area contributed by atoms with Gasteiger partial charge in [-0.15, -0.1) is 5.10 Å². The number of nitrogens with zero attached hydrogens (tertiary/aromatic N) is 3. The highest BCUT2D eigenvalue weighted by molar-refractivity contribution is 5.97. The summed E-state index contributed by atoms with van der Waals surface area (Å²) in [4.78, 5) is 17.7. The molecule has 0 fully saturated rings. The van der Waals surface area contributed by atoms with Crippen LogP contribution >= 0.6 is 0 Å². The Morgan fingerprint density at radius 2 is 1.59 bits per heavy atom. The molecule has 0 bridgehead atoms. The number of hydrogen-bond acceptors (Lipinski definition) is 5. The van der Waals surface area contributed by atoms with Gasteiger partial charge in [0.25, 0.3) is 5.91 Å². The third-order valence-corrected chi connectivity index (χ3v) is 4.46. The van der Waals surface area contributed by atoms with Crippen molar-refractivity contribution in [3.05, 3.63) is 96.1 Å². The predicted octanol–water partition coefficient (Wildman–Crippen LogP) is 4.25. The molecular weight excluding hydrogens is 364 g/mol. The summed E-state index contributed by atoms with van der Waals surface area (Å²) in [5.74, 6) is 1.31. The van der Waals surface area contributed by atoms with Crippen molar-refractivity contribution >= 4 is 11.9 Å². The number of rotatable bonds is 6. The van der Waals surface area contributed by atoms with Crippen molar-refractivity contribution in [2.75, 3.05) is 12.4 Å². The van der Waals surface area contributed by atoms with Gasteiger partial charge in [-0.25, -0.2) is 0 Å². The molecule has 144 valence electrons. The number of benzene rings is 3. The van der Waals surface area contributed by atoms with Crippen LogP contribution in [0.1, 0.15) is 15.9 Å². The minimum Gasteiger partial charge on any atom is -0.497 e. The van der Waals surface area contributed by atoms with E-state index >= 15 is 0 Å². The summed E-state index contributed by atoms with van der Waals surface area (Å²) < 4.78 is 6.48. The van der Waals surface area contributed by atoms with E-state index in [2.05, 4.69) is 15.4 Å². The molecule has 1 heterocycles. The molecule has 0 saturated carbocycles. The zero-order valence-electron chi connectivity index (χ0n) is 15.9. The Morgan fingerprint density at radius 3 is 2.24 bits per heavy atom. The highest BCUT2D eigenvalue weighted by atomic mass is 16.5. The Kier molecular flexibility index (Phi) is 5.33. The van der Waals surface area contributed by atoms with Crippen molar-refractivity contribution in [2.24, 2.45) is 0 Å². The summed E-state index contributed by atoms with van der Waals surface area (Å²) in [6.07, 6.45) is 0. The molecule has 0 radical (unpaired) electrons. The number of methoxy groups -OCH3 is 1. The standard InChI is InChI=1S/C23H20N4O2/c1-29-20-14-12-19(13-15-20)22(28)27-23(24-16-17-8-4-2-5-9-17)25-21(26-27)18-10-6-3-7-11-18/h2-15H,16H2,1H3,(H,24,25,26). The van der Waals surface area contributed by atoms with Crippen LogP contribution in [0.4, 0.5) is 5.95 Å². The van der Waals surface area contributed by atoms with Crippen LogP contribution in [0.2, 0.25) is 0 Å². The van der Waals surface area contributed by atoms with E-state index in [9.17, 15) is 4.79 Å². The van der Waals surface area contributed by atoms with Gasteiger partial charge in [-0.2, -0.15) is 9.67 Å². The average Bonchev–Trinajstić information content (AvgIpc) is 3.23. The molecule has 0 aliphatic rings. The van der Waals surface area contributed by atoms with Gasteiger partial charge in [0.15, 0.2) is 5.82 Å². The third-order valence-electron chi connectivity index (χ3n) is 4.46. The molecule has 6 heteroatoms. The third kappa shape index (κ3) is 4.16. The number of aromatic nitrogens is 3. The first-order chi connectivity index (χ1) is 14.2. The van der Waals surface area contributed by atoms with Gasteiger partial charge in [0, 0.05) is 17.7 Å². The number of hydrogen-bond donors (Lipinski definition) is 1. The molecule has 0 saturated heterocycles. The number of carbonyl (C=O) groups excluding carboxylic acids is 1. The Morgan fingerprint density at radius 1 is 0.931 bits per heavy atom. The smallest absolute Gasteiger partial charge is 0.281 e. The fourth-order valence-corrected chi connectivity index (χ4v) is 2.91. The van der Waals surface area contributed by atoms with Crippen molar-refractivity contribution in [1.82, 2.24) is 14.8 Å². The predicted molar refractivity (Wildman–Crippen MR) is 112 cm³/mol. The second-order valence-corrected chi connectivity index (χ2v) is 6.41. The van der Waals surface area contributed by atoms with E-state index in [0.29, 0.717) is 29.6 Å². The largest absolute Gasteiger partial charge is 0.497 e. The van der Waals surface area contributed by atoms with Crippen molar-refractivity contribution < 1.29 is 9.53 Å². The van der Waals surface area contributed by atoms with E-state index in [1.165, 1.54) is 4.68 Å². The van der Waals surface area contributed by atoms with E-state index in [1.807, 2.05) is 60.7 Å². The molecule has 4 rings (SSSR count). The fourth-order valence-electron chi connectivity index (χ4n) is 2.91. The monoisotopic (exact) mass is 384 g/mol. The van der Waals surface area contributed by atoms with Crippen LogP contribution in [-0.4, -0.2) is 27.8 Å². The van der Waals surface area contributed by atoms with Gasteiger partial charge in [-0.05, 0) is 29.8 Å². The highest BCUT2D eigenvalue weighted by Gasteiger charge is 2.18. The van der Waals surface area contributed by atoms with Crippen molar-refractivity contribution in [3.63, 3.8) is 0 Å². The molecule has 3 aromatic carbocycles. The lowest BCUT2D eigenvalue weighted by atomic mass is 10.2. The van der Waals surface area contributed by atoms with E-state index in [-0.39, 0.29) is 5.91 Å². The van der Waals surface area contributed by atoms with Crippen LogP contribution < -0.4 is 10.1 Å². The van der Waals surface area contributed by atoms with Crippen LogP contribution in [-0.2, 0) is 6.54 Å². The summed E-state index contributed by atoms with van der Waals surface area (Å²) in [5.41, 5.74) is 2.43. The normalized spacial score (nSPS) is 10.5. The zero-order valence-corrected chi connectivity index (χ0v) is 15.9.